The van der Waals surface area contributed by atoms with Gasteiger partial charge in [0.15, 0.2) is 5.65 Å². The van der Waals surface area contributed by atoms with Crippen LogP contribution in [0.2, 0.25) is 0 Å². The number of aliphatic hydroxyl groups is 1. The number of pyridine rings is 2. The minimum Gasteiger partial charge on any atom is -0.394 e. The summed E-state index contributed by atoms with van der Waals surface area (Å²) >= 11 is 0. The van der Waals surface area contributed by atoms with Crippen molar-refractivity contribution in [1.29, 1.82) is 0 Å². The van der Waals surface area contributed by atoms with Crippen LogP contribution in [0.4, 0.5) is 0 Å². The summed E-state index contributed by atoms with van der Waals surface area (Å²) in [5, 5.41) is 14.5. The zero-order chi connectivity index (χ0) is 13.2. The van der Waals surface area contributed by atoms with E-state index in [4.69, 9.17) is 0 Å². The van der Waals surface area contributed by atoms with Gasteiger partial charge in [-0.1, -0.05) is 0 Å². The van der Waals surface area contributed by atoms with Gasteiger partial charge in [0.2, 0.25) is 0 Å². The van der Waals surface area contributed by atoms with Gasteiger partial charge in [0.05, 0.1) is 18.8 Å². The lowest BCUT2D eigenvalue weighted by atomic mass is 10.1. The van der Waals surface area contributed by atoms with Crippen molar-refractivity contribution in [2.45, 2.75) is 13.0 Å². The first-order valence-corrected chi connectivity index (χ1v) is 6.14. The van der Waals surface area contributed by atoms with Crippen LogP contribution < -0.4 is 0 Å². The molecule has 0 aromatic carbocycles. The fourth-order valence-electron chi connectivity index (χ4n) is 2.04. The average Bonchev–Trinajstić information content (AvgIpc) is 2.90. The van der Waals surface area contributed by atoms with Gasteiger partial charge < -0.3 is 5.11 Å². The highest BCUT2D eigenvalue weighted by Crippen LogP contribution is 2.23. The van der Waals surface area contributed by atoms with Gasteiger partial charge in [-0.05, 0) is 30.7 Å². The summed E-state index contributed by atoms with van der Waals surface area (Å²) in [7, 11) is 0. The van der Waals surface area contributed by atoms with E-state index in [0.29, 0.717) is 0 Å². The van der Waals surface area contributed by atoms with E-state index in [-0.39, 0.29) is 12.6 Å². The maximum Gasteiger partial charge on any atom is 0.158 e. The smallest absolute Gasteiger partial charge is 0.158 e. The molecule has 3 aromatic heterocycles. The summed E-state index contributed by atoms with van der Waals surface area (Å²) in [5.41, 5.74) is 2.90. The number of fused-ring (bicyclic) bond motifs is 1. The fraction of sp³-hybridized carbons (Fsp3) is 0.214. The molecule has 3 aromatic rings. The van der Waals surface area contributed by atoms with Crippen LogP contribution in [0.5, 0.6) is 0 Å². The molecule has 5 heteroatoms. The van der Waals surface area contributed by atoms with Crippen molar-refractivity contribution >= 4 is 11.0 Å². The lowest BCUT2D eigenvalue weighted by Gasteiger charge is -2.09. The Hall–Kier alpha value is -2.27. The molecule has 0 aliphatic carbocycles. The predicted molar refractivity (Wildman–Crippen MR) is 72.6 cm³/mol. The highest BCUT2D eigenvalue weighted by atomic mass is 16.3. The second kappa shape index (κ2) is 4.78. The Kier molecular flexibility index (Phi) is 2.97. The minimum absolute atomic E-state index is 0.0462. The summed E-state index contributed by atoms with van der Waals surface area (Å²) in [4.78, 5) is 8.46. The van der Waals surface area contributed by atoms with Gasteiger partial charge >= 0.3 is 0 Å². The summed E-state index contributed by atoms with van der Waals surface area (Å²) in [6.45, 7) is 1.95. The Morgan fingerprint density at radius 3 is 2.74 bits per heavy atom. The lowest BCUT2D eigenvalue weighted by molar-refractivity contribution is 0.232. The highest BCUT2D eigenvalue weighted by molar-refractivity contribution is 5.80. The van der Waals surface area contributed by atoms with Crippen LogP contribution in [-0.4, -0.2) is 31.5 Å². The summed E-state index contributed by atoms with van der Waals surface area (Å²) in [6.07, 6.45) is 7.12. The Morgan fingerprint density at radius 1 is 1.21 bits per heavy atom. The maximum atomic E-state index is 9.20. The Labute approximate surface area is 110 Å². The third kappa shape index (κ3) is 2.08. The monoisotopic (exact) mass is 254 g/mol. The summed E-state index contributed by atoms with van der Waals surface area (Å²) in [5.74, 6) is 0. The van der Waals surface area contributed by atoms with Crippen molar-refractivity contribution in [3.05, 3.63) is 43.0 Å². The molecule has 0 fully saturated rings. The van der Waals surface area contributed by atoms with Crippen molar-refractivity contribution in [3.8, 4) is 11.1 Å². The third-order valence-electron chi connectivity index (χ3n) is 3.13. The van der Waals surface area contributed by atoms with Gasteiger partial charge in [-0.25, -0.2) is 9.67 Å². The summed E-state index contributed by atoms with van der Waals surface area (Å²) < 4.78 is 1.74. The quantitative estimate of drug-likeness (QED) is 0.777. The van der Waals surface area contributed by atoms with Crippen LogP contribution in [-0.2, 0) is 0 Å². The van der Waals surface area contributed by atoms with Gasteiger partial charge in [0, 0.05) is 29.5 Å². The van der Waals surface area contributed by atoms with Crippen molar-refractivity contribution < 1.29 is 5.11 Å². The molecule has 1 atom stereocenters. The molecule has 19 heavy (non-hydrogen) atoms. The zero-order valence-electron chi connectivity index (χ0n) is 10.6. The molecule has 1 N–H and O–H groups in total. The molecular formula is C14H14N4O. The van der Waals surface area contributed by atoms with E-state index in [2.05, 4.69) is 15.1 Å². The van der Waals surface area contributed by atoms with Crippen LogP contribution in [0.3, 0.4) is 0 Å². The molecular weight excluding hydrogens is 240 g/mol. The largest absolute Gasteiger partial charge is 0.394 e. The summed E-state index contributed by atoms with van der Waals surface area (Å²) in [6, 6.07) is 5.87. The van der Waals surface area contributed by atoms with Crippen LogP contribution in [0, 0.1) is 0 Å². The molecule has 0 bridgehead atoms. The van der Waals surface area contributed by atoms with Crippen LogP contribution in [0.1, 0.15) is 13.0 Å². The molecule has 0 aliphatic rings. The molecule has 1 unspecified atom stereocenters. The third-order valence-corrected chi connectivity index (χ3v) is 3.13. The van der Waals surface area contributed by atoms with Crippen LogP contribution >= 0.6 is 0 Å². The second-order valence-electron chi connectivity index (χ2n) is 4.49. The number of hydrogen-bond acceptors (Lipinski definition) is 4. The zero-order valence-corrected chi connectivity index (χ0v) is 10.6. The molecule has 3 rings (SSSR count). The number of aliphatic hydroxyl groups excluding tert-OH is 1. The van der Waals surface area contributed by atoms with E-state index in [1.54, 1.807) is 23.3 Å². The second-order valence-corrected chi connectivity index (χ2v) is 4.49. The highest BCUT2D eigenvalue weighted by Gasteiger charge is 2.10. The fourth-order valence-corrected chi connectivity index (χ4v) is 2.04. The van der Waals surface area contributed by atoms with E-state index in [0.717, 1.165) is 22.2 Å². The van der Waals surface area contributed by atoms with Crippen molar-refractivity contribution in [2.75, 3.05) is 6.61 Å². The lowest BCUT2D eigenvalue weighted by Crippen LogP contribution is -2.11. The van der Waals surface area contributed by atoms with Gasteiger partial charge in [0.1, 0.15) is 0 Å². The molecule has 0 saturated carbocycles. The van der Waals surface area contributed by atoms with E-state index >= 15 is 0 Å². The predicted octanol–water partition coefficient (Wildman–Crippen LogP) is 2.05. The molecule has 5 nitrogen and oxygen atoms in total. The Balaban J connectivity index is 2.08. The number of aromatic nitrogens is 4. The van der Waals surface area contributed by atoms with E-state index in [1.165, 1.54) is 0 Å². The van der Waals surface area contributed by atoms with E-state index < -0.39 is 0 Å². The molecule has 3 heterocycles. The first-order valence-electron chi connectivity index (χ1n) is 6.14. The SMILES string of the molecule is CC(CO)n1ncc2cc(-c3ccncc3)cnc21. The minimum atomic E-state index is -0.0724. The van der Waals surface area contributed by atoms with Crippen LogP contribution in [0.25, 0.3) is 22.2 Å². The van der Waals surface area contributed by atoms with Crippen molar-refractivity contribution in [1.82, 2.24) is 19.7 Å². The van der Waals surface area contributed by atoms with Gasteiger partial charge in [0.25, 0.3) is 0 Å². The molecule has 0 saturated heterocycles. The standard InChI is InChI=1S/C14H14N4O/c1-10(9-19)18-14-13(8-17-18)6-12(7-16-14)11-2-4-15-5-3-11/h2-8,10,19H,9H2,1H3. The topological polar surface area (TPSA) is 63.8 Å². The molecule has 0 aliphatic heterocycles. The van der Waals surface area contributed by atoms with Gasteiger partial charge in [-0.3, -0.25) is 4.98 Å². The Bertz CT molecular complexity index is 693. The average molecular weight is 254 g/mol. The number of hydrogen-bond donors (Lipinski definition) is 1. The first kappa shape index (κ1) is 11.8. The number of rotatable bonds is 3. The van der Waals surface area contributed by atoms with Crippen molar-refractivity contribution in [2.24, 2.45) is 0 Å². The maximum absolute atomic E-state index is 9.20. The van der Waals surface area contributed by atoms with E-state index in [9.17, 15) is 5.11 Å². The molecule has 96 valence electrons. The normalized spacial score (nSPS) is 12.7. The molecule has 0 amide bonds. The van der Waals surface area contributed by atoms with Gasteiger partial charge in [-0.2, -0.15) is 5.10 Å². The molecule has 0 spiro atoms. The first-order chi connectivity index (χ1) is 9.29. The number of nitrogens with zero attached hydrogens (tertiary/aromatic N) is 4. The van der Waals surface area contributed by atoms with Crippen LogP contribution in [0.15, 0.2) is 43.0 Å². The van der Waals surface area contributed by atoms with Crippen molar-refractivity contribution in [3.63, 3.8) is 0 Å². The Morgan fingerprint density at radius 2 is 2.00 bits per heavy atom. The molecule has 0 radical (unpaired) electrons. The van der Waals surface area contributed by atoms with Gasteiger partial charge in [-0.15, -0.1) is 0 Å². The van der Waals surface area contributed by atoms with E-state index in [1.807, 2.05) is 31.3 Å².